The van der Waals surface area contributed by atoms with Crippen LogP contribution in [0.2, 0.25) is 0 Å². The van der Waals surface area contributed by atoms with Gasteiger partial charge in [0.05, 0.1) is 18.6 Å². The molecule has 0 spiro atoms. The van der Waals surface area contributed by atoms with E-state index in [2.05, 4.69) is 12.1 Å². The molecule has 0 aliphatic carbocycles. The van der Waals surface area contributed by atoms with Gasteiger partial charge < -0.3 is 5.11 Å². The summed E-state index contributed by atoms with van der Waals surface area (Å²) in [6.07, 6.45) is 0.140. The highest BCUT2D eigenvalue weighted by Gasteiger charge is 2.05. The lowest BCUT2D eigenvalue weighted by Crippen LogP contribution is -2.08. The molecule has 2 aromatic rings. The average molecular weight is 237 g/mol. The standard InChI is InChI=1S/C16H15NO/c17-11-10-16(18)12-13-6-8-15(9-7-13)14-4-2-1-3-5-14/h1-9,16,18H,10,12H2/t16-/m1/s1. The molecule has 0 unspecified atom stereocenters. The van der Waals surface area contributed by atoms with Crippen LogP contribution in [0.25, 0.3) is 11.1 Å². The van der Waals surface area contributed by atoms with Crippen molar-refractivity contribution in [3.05, 3.63) is 60.2 Å². The second-order valence-electron chi connectivity index (χ2n) is 4.28. The molecular weight excluding hydrogens is 222 g/mol. The van der Waals surface area contributed by atoms with E-state index in [0.717, 1.165) is 11.1 Å². The van der Waals surface area contributed by atoms with Gasteiger partial charge >= 0.3 is 0 Å². The van der Waals surface area contributed by atoms with Gasteiger partial charge in [0.25, 0.3) is 0 Å². The fourth-order valence-electron chi connectivity index (χ4n) is 1.91. The fourth-order valence-corrected chi connectivity index (χ4v) is 1.91. The van der Waals surface area contributed by atoms with Gasteiger partial charge in [-0.1, -0.05) is 54.6 Å². The van der Waals surface area contributed by atoms with Crippen LogP contribution in [0.15, 0.2) is 54.6 Å². The third-order valence-corrected chi connectivity index (χ3v) is 2.86. The van der Waals surface area contributed by atoms with E-state index in [-0.39, 0.29) is 6.42 Å². The molecular formula is C16H15NO. The van der Waals surface area contributed by atoms with Gasteiger partial charge in [-0.15, -0.1) is 0 Å². The smallest absolute Gasteiger partial charge is 0.0710 e. The van der Waals surface area contributed by atoms with Crippen LogP contribution in [0.3, 0.4) is 0 Å². The topological polar surface area (TPSA) is 44.0 Å². The van der Waals surface area contributed by atoms with Crippen LogP contribution in [0.4, 0.5) is 0 Å². The Balaban J connectivity index is 2.09. The highest BCUT2D eigenvalue weighted by atomic mass is 16.3. The van der Waals surface area contributed by atoms with Crippen molar-refractivity contribution in [2.75, 3.05) is 0 Å². The molecule has 0 saturated carbocycles. The number of nitriles is 1. The molecule has 0 fully saturated rings. The number of nitrogens with zero attached hydrogens (tertiary/aromatic N) is 1. The molecule has 2 heteroatoms. The first-order valence-corrected chi connectivity index (χ1v) is 5.99. The maximum atomic E-state index is 9.57. The van der Waals surface area contributed by atoms with Crippen molar-refractivity contribution in [3.63, 3.8) is 0 Å². The van der Waals surface area contributed by atoms with Gasteiger partial charge in [-0.05, 0) is 23.1 Å². The van der Waals surface area contributed by atoms with E-state index in [4.69, 9.17) is 5.26 Å². The summed E-state index contributed by atoms with van der Waals surface area (Å²) in [5, 5.41) is 18.1. The third-order valence-electron chi connectivity index (χ3n) is 2.86. The van der Waals surface area contributed by atoms with Crippen LogP contribution >= 0.6 is 0 Å². The summed E-state index contributed by atoms with van der Waals surface area (Å²) >= 11 is 0. The lowest BCUT2D eigenvalue weighted by Gasteiger charge is -2.07. The number of aliphatic hydroxyl groups excluding tert-OH is 1. The molecule has 0 aliphatic heterocycles. The Labute approximate surface area is 107 Å². The lowest BCUT2D eigenvalue weighted by atomic mass is 10.0. The molecule has 1 atom stereocenters. The third kappa shape index (κ3) is 3.19. The summed E-state index contributed by atoms with van der Waals surface area (Å²) in [5.74, 6) is 0. The first kappa shape index (κ1) is 12.3. The predicted octanol–water partition coefficient (Wildman–Crippen LogP) is 3.17. The van der Waals surface area contributed by atoms with Crippen molar-refractivity contribution in [2.24, 2.45) is 0 Å². The molecule has 0 heterocycles. The van der Waals surface area contributed by atoms with E-state index in [9.17, 15) is 5.11 Å². The fraction of sp³-hybridized carbons (Fsp3) is 0.188. The summed E-state index contributed by atoms with van der Waals surface area (Å²) in [4.78, 5) is 0. The van der Waals surface area contributed by atoms with Crippen molar-refractivity contribution in [1.29, 1.82) is 5.26 Å². The van der Waals surface area contributed by atoms with Crippen molar-refractivity contribution >= 4 is 0 Å². The summed E-state index contributed by atoms with van der Waals surface area (Å²) in [6, 6.07) is 20.2. The Morgan fingerprint density at radius 3 is 2.17 bits per heavy atom. The maximum Gasteiger partial charge on any atom is 0.0710 e. The van der Waals surface area contributed by atoms with E-state index < -0.39 is 6.10 Å². The Hall–Kier alpha value is -2.11. The lowest BCUT2D eigenvalue weighted by molar-refractivity contribution is 0.180. The van der Waals surface area contributed by atoms with E-state index in [1.807, 2.05) is 48.5 Å². The van der Waals surface area contributed by atoms with Crippen molar-refractivity contribution < 1.29 is 5.11 Å². The van der Waals surface area contributed by atoms with Crippen molar-refractivity contribution in [3.8, 4) is 17.2 Å². The van der Waals surface area contributed by atoms with Gasteiger partial charge in [0, 0.05) is 0 Å². The summed E-state index contributed by atoms with van der Waals surface area (Å²) in [7, 11) is 0. The van der Waals surface area contributed by atoms with E-state index in [0.29, 0.717) is 6.42 Å². The van der Waals surface area contributed by atoms with Gasteiger partial charge in [0.15, 0.2) is 0 Å². The van der Waals surface area contributed by atoms with Crippen LogP contribution < -0.4 is 0 Å². The number of hydrogen-bond acceptors (Lipinski definition) is 2. The summed E-state index contributed by atoms with van der Waals surface area (Å²) in [6.45, 7) is 0. The van der Waals surface area contributed by atoms with Gasteiger partial charge in [-0.3, -0.25) is 0 Å². The zero-order chi connectivity index (χ0) is 12.8. The largest absolute Gasteiger partial charge is 0.392 e. The van der Waals surface area contributed by atoms with Gasteiger partial charge in [0.1, 0.15) is 0 Å². The van der Waals surface area contributed by atoms with Crippen molar-refractivity contribution in [1.82, 2.24) is 0 Å². The molecule has 0 aliphatic rings. The number of rotatable bonds is 4. The molecule has 18 heavy (non-hydrogen) atoms. The molecule has 0 bridgehead atoms. The summed E-state index contributed by atoms with van der Waals surface area (Å²) in [5.41, 5.74) is 3.40. The first-order valence-electron chi connectivity index (χ1n) is 5.99. The van der Waals surface area contributed by atoms with Crippen LogP contribution in [0.1, 0.15) is 12.0 Å². The van der Waals surface area contributed by atoms with Crippen LogP contribution in [0.5, 0.6) is 0 Å². The highest BCUT2D eigenvalue weighted by molar-refractivity contribution is 5.63. The Morgan fingerprint density at radius 2 is 1.56 bits per heavy atom. The zero-order valence-electron chi connectivity index (χ0n) is 10.1. The second kappa shape index (κ2) is 6.00. The Kier molecular flexibility index (Phi) is 4.11. The minimum absolute atomic E-state index is 0.181. The van der Waals surface area contributed by atoms with E-state index >= 15 is 0 Å². The molecule has 2 rings (SSSR count). The minimum Gasteiger partial charge on any atom is -0.392 e. The molecule has 0 saturated heterocycles. The molecule has 0 amide bonds. The first-order chi connectivity index (χ1) is 8.79. The number of hydrogen-bond donors (Lipinski definition) is 1. The average Bonchev–Trinajstić information content (AvgIpc) is 2.41. The maximum absolute atomic E-state index is 9.57. The van der Waals surface area contributed by atoms with Crippen molar-refractivity contribution in [2.45, 2.75) is 18.9 Å². The van der Waals surface area contributed by atoms with E-state index in [1.54, 1.807) is 0 Å². The Bertz CT molecular complexity index is 525. The van der Waals surface area contributed by atoms with Crippen LogP contribution in [-0.2, 0) is 6.42 Å². The summed E-state index contributed by atoms with van der Waals surface area (Å²) < 4.78 is 0. The van der Waals surface area contributed by atoms with E-state index in [1.165, 1.54) is 5.56 Å². The monoisotopic (exact) mass is 237 g/mol. The van der Waals surface area contributed by atoms with Gasteiger partial charge in [-0.2, -0.15) is 5.26 Å². The highest BCUT2D eigenvalue weighted by Crippen LogP contribution is 2.19. The quantitative estimate of drug-likeness (QED) is 0.887. The van der Waals surface area contributed by atoms with Crippen LogP contribution in [0, 0.1) is 11.3 Å². The van der Waals surface area contributed by atoms with Gasteiger partial charge in [-0.25, -0.2) is 0 Å². The molecule has 1 N–H and O–H groups in total. The number of benzene rings is 2. The molecule has 2 aromatic carbocycles. The Morgan fingerprint density at radius 1 is 0.944 bits per heavy atom. The second-order valence-corrected chi connectivity index (χ2v) is 4.28. The SMILES string of the molecule is N#CC[C@@H](O)Cc1ccc(-c2ccccc2)cc1. The number of aliphatic hydroxyl groups is 1. The normalized spacial score (nSPS) is 11.8. The van der Waals surface area contributed by atoms with Gasteiger partial charge in [0.2, 0.25) is 0 Å². The zero-order valence-corrected chi connectivity index (χ0v) is 10.1. The molecule has 0 aromatic heterocycles. The molecule has 0 radical (unpaired) electrons. The molecule has 2 nitrogen and oxygen atoms in total. The predicted molar refractivity (Wildman–Crippen MR) is 71.8 cm³/mol. The van der Waals surface area contributed by atoms with Crippen LogP contribution in [-0.4, -0.2) is 11.2 Å². The molecule has 90 valence electrons. The minimum atomic E-state index is -0.572.